The number of piperidine rings is 1. The summed E-state index contributed by atoms with van der Waals surface area (Å²) in [7, 11) is 1.87. The lowest BCUT2D eigenvalue weighted by Crippen LogP contribution is -2.48. The highest BCUT2D eigenvalue weighted by Crippen LogP contribution is 2.28. The number of rotatable bonds is 6. The Hall–Kier alpha value is -3.52. The van der Waals surface area contributed by atoms with Crippen molar-refractivity contribution in [2.45, 2.75) is 25.3 Å². The first-order valence-electron chi connectivity index (χ1n) is 11.5. The topological polar surface area (TPSA) is 70.8 Å². The molecule has 5 rings (SSSR count). The predicted octanol–water partition coefficient (Wildman–Crippen LogP) is 4.03. The SMILES string of the molecule is CN(C(=O)c1ccccn1)[C@H](Cc1ccccc1)C1CCN(C(=O)c2cn3ccsc3n2)CC1. The van der Waals surface area contributed by atoms with Gasteiger partial charge in [0.05, 0.1) is 0 Å². The number of nitrogens with zero attached hydrogens (tertiary/aromatic N) is 5. The molecule has 4 aromatic rings. The molecule has 1 atom stereocenters. The molecule has 0 saturated carbocycles. The van der Waals surface area contributed by atoms with Crippen LogP contribution >= 0.6 is 11.3 Å². The summed E-state index contributed by atoms with van der Waals surface area (Å²) >= 11 is 1.52. The Labute approximate surface area is 202 Å². The molecule has 0 radical (unpaired) electrons. The molecule has 1 aliphatic heterocycles. The number of carbonyl (C=O) groups excluding carboxylic acids is 2. The number of hydrogen-bond acceptors (Lipinski definition) is 5. The van der Waals surface area contributed by atoms with E-state index < -0.39 is 0 Å². The highest BCUT2D eigenvalue weighted by molar-refractivity contribution is 7.15. The molecule has 1 fully saturated rings. The van der Waals surface area contributed by atoms with Gasteiger partial charge in [0.2, 0.25) is 0 Å². The number of amides is 2. The molecular weight excluding hydrogens is 446 g/mol. The van der Waals surface area contributed by atoms with Crippen LogP contribution in [0.15, 0.2) is 72.5 Å². The van der Waals surface area contributed by atoms with E-state index in [4.69, 9.17) is 0 Å². The number of benzene rings is 1. The molecule has 8 heteroatoms. The normalized spacial score (nSPS) is 15.4. The van der Waals surface area contributed by atoms with Crippen LogP contribution in [0.2, 0.25) is 0 Å². The summed E-state index contributed by atoms with van der Waals surface area (Å²) in [4.78, 5) is 39.6. The Morgan fingerprint density at radius 2 is 1.85 bits per heavy atom. The molecule has 0 unspecified atom stereocenters. The first kappa shape index (κ1) is 22.3. The van der Waals surface area contributed by atoms with Crippen molar-refractivity contribution in [3.63, 3.8) is 0 Å². The van der Waals surface area contributed by atoms with Crippen LogP contribution < -0.4 is 0 Å². The second kappa shape index (κ2) is 9.77. The molecule has 0 N–H and O–H groups in total. The summed E-state index contributed by atoms with van der Waals surface area (Å²) in [5.41, 5.74) is 2.15. The Morgan fingerprint density at radius 1 is 1.09 bits per heavy atom. The molecule has 2 amide bonds. The van der Waals surface area contributed by atoms with Gasteiger partial charge in [-0.2, -0.15) is 0 Å². The standard InChI is InChI=1S/C26H27N5O2S/c1-29(24(32)21-9-5-6-12-27-21)23(17-19-7-3-2-4-8-19)20-10-13-30(14-11-20)25(33)22-18-31-15-16-34-26(31)28-22/h2-9,12,15-16,18,20,23H,10-11,13-14,17H2,1H3/t23-/m1/s1. The number of imidazole rings is 1. The number of hydrogen-bond donors (Lipinski definition) is 0. The van der Waals surface area contributed by atoms with E-state index in [0.717, 1.165) is 24.2 Å². The number of aromatic nitrogens is 3. The van der Waals surface area contributed by atoms with Gasteiger partial charge in [0.1, 0.15) is 11.4 Å². The lowest BCUT2D eigenvalue weighted by atomic mass is 9.84. The summed E-state index contributed by atoms with van der Waals surface area (Å²) in [6, 6.07) is 15.7. The molecule has 0 spiro atoms. The highest BCUT2D eigenvalue weighted by atomic mass is 32.1. The fraction of sp³-hybridized carbons (Fsp3) is 0.308. The Balaban J connectivity index is 1.31. The quantitative estimate of drug-likeness (QED) is 0.424. The monoisotopic (exact) mass is 473 g/mol. The first-order valence-corrected chi connectivity index (χ1v) is 12.4. The maximum atomic E-state index is 13.2. The third-order valence-electron chi connectivity index (χ3n) is 6.67. The molecule has 34 heavy (non-hydrogen) atoms. The molecule has 174 valence electrons. The first-order chi connectivity index (χ1) is 16.6. The third kappa shape index (κ3) is 4.59. The second-order valence-electron chi connectivity index (χ2n) is 8.74. The molecular formula is C26H27N5O2S. The Bertz CT molecular complexity index is 1230. The van der Waals surface area contributed by atoms with Crippen LogP contribution in [0.4, 0.5) is 0 Å². The lowest BCUT2D eigenvalue weighted by molar-refractivity contribution is 0.0517. The van der Waals surface area contributed by atoms with E-state index in [1.165, 1.54) is 16.9 Å². The summed E-state index contributed by atoms with van der Waals surface area (Å²) in [6.07, 6.45) is 7.82. The average molecular weight is 474 g/mol. The largest absolute Gasteiger partial charge is 0.337 e. The van der Waals surface area contributed by atoms with Crippen molar-refractivity contribution in [2.24, 2.45) is 5.92 Å². The number of fused-ring (bicyclic) bond motifs is 1. The van der Waals surface area contributed by atoms with Crippen LogP contribution in [0.3, 0.4) is 0 Å². The van der Waals surface area contributed by atoms with Gasteiger partial charge in [-0.3, -0.25) is 19.0 Å². The third-order valence-corrected chi connectivity index (χ3v) is 7.44. The lowest BCUT2D eigenvalue weighted by Gasteiger charge is -2.40. The van der Waals surface area contributed by atoms with Crippen molar-refractivity contribution in [1.82, 2.24) is 24.2 Å². The van der Waals surface area contributed by atoms with Gasteiger partial charge < -0.3 is 9.80 Å². The van der Waals surface area contributed by atoms with Gasteiger partial charge in [0.15, 0.2) is 4.96 Å². The number of likely N-dealkylation sites (tertiary alicyclic amines) is 1. The minimum atomic E-state index is -0.0712. The minimum Gasteiger partial charge on any atom is -0.337 e. The molecule has 3 aromatic heterocycles. The zero-order chi connectivity index (χ0) is 23.5. The van der Waals surface area contributed by atoms with Gasteiger partial charge in [-0.05, 0) is 42.9 Å². The van der Waals surface area contributed by atoms with E-state index in [0.29, 0.717) is 24.5 Å². The van der Waals surface area contributed by atoms with E-state index >= 15 is 0 Å². The average Bonchev–Trinajstić information content (AvgIpc) is 3.50. The smallest absolute Gasteiger partial charge is 0.274 e. The van der Waals surface area contributed by atoms with Crippen LogP contribution in [-0.4, -0.2) is 62.2 Å². The molecule has 0 aliphatic carbocycles. The number of pyridine rings is 1. The van der Waals surface area contributed by atoms with E-state index in [1.807, 2.05) is 63.2 Å². The molecule has 4 heterocycles. The molecule has 1 aliphatic rings. The van der Waals surface area contributed by atoms with E-state index in [-0.39, 0.29) is 23.8 Å². The minimum absolute atomic E-state index is 0.0205. The van der Waals surface area contributed by atoms with Gasteiger partial charge in [0.25, 0.3) is 11.8 Å². The highest BCUT2D eigenvalue weighted by Gasteiger charge is 2.34. The van der Waals surface area contributed by atoms with Crippen LogP contribution in [0.25, 0.3) is 4.96 Å². The molecule has 1 aromatic carbocycles. The van der Waals surface area contributed by atoms with Crippen molar-refractivity contribution in [2.75, 3.05) is 20.1 Å². The summed E-state index contributed by atoms with van der Waals surface area (Å²) in [5.74, 6) is 0.192. The summed E-state index contributed by atoms with van der Waals surface area (Å²) in [6.45, 7) is 1.32. The maximum Gasteiger partial charge on any atom is 0.274 e. The van der Waals surface area contributed by atoms with Crippen molar-refractivity contribution in [3.05, 3.63) is 89.5 Å². The van der Waals surface area contributed by atoms with Crippen LogP contribution in [0.5, 0.6) is 0 Å². The van der Waals surface area contributed by atoms with Gasteiger partial charge in [0, 0.05) is 50.1 Å². The van der Waals surface area contributed by atoms with Crippen molar-refractivity contribution >= 4 is 28.1 Å². The molecule has 0 bridgehead atoms. The molecule has 7 nitrogen and oxygen atoms in total. The van der Waals surface area contributed by atoms with E-state index in [1.54, 1.807) is 18.5 Å². The second-order valence-corrected chi connectivity index (χ2v) is 9.61. The summed E-state index contributed by atoms with van der Waals surface area (Å²) < 4.78 is 1.89. The zero-order valence-electron chi connectivity index (χ0n) is 19.1. The van der Waals surface area contributed by atoms with E-state index in [9.17, 15) is 9.59 Å². The maximum absolute atomic E-state index is 13.2. The van der Waals surface area contributed by atoms with Crippen LogP contribution in [0, 0.1) is 5.92 Å². The zero-order valence-corrected chi connectivity index (χ0v) is 19.9. The fourth-order valence-corrected chi connectivity index (χ4v) is 5.48. The van der Waals surface area contributed by atoms with Gasteiger partial charge >= 0.3 is 0 Å². The van der Waals surface area contributed by atoms with Crippen molar-refractivity contribution in [3.8, 4) is 0 Å². The Kier molecular flexibility index (Phi) is 6.40. The molecule has 1 saturated heterocycles. The van der Waals surface area contributed by atoms with Gasteiger partial charge in [-0.25, -0.2) is 4.98 Å². The van der Waals surface area contributed by atoms with Gasteiger partial charge in [-0.15, -0.1) is 11.3 Å². The van der Waals surface area contributed by atoms with Crippen molar-refractivity contribution < 1.29 is 9.59 Å². The van der Waals surface area contributed by atoms with Gasteiger partial charge in [-0.1, -0.05) is 36.4 Å². The Morgan fingerprint density at radius 3 is 2.56 bits per heavy atom. The summed E-state index contributed by atoms with van der Waals surface area (Å²) in [5, 5.41) is 1.96. The van der Waals surface area contributed by atoms with Crippen LogP contribution in [-0.2, 0) is 6.42 Å². The number of carbonyl (C=O) groups is 2. The number of thiazole rings is 1. The number of likely N-dealkylation sites (N-methyl/N-ethyl adjacent to an activating group) is 1. The van der Waals surface area contributed by atoms with Crippen LogP contribution in [0.1, 0.15) is 39.4 Å². The fourth-order valence-electron chi connectivity index (χ4n) is 4.78. The predicted molar refractivity (Wildman–Crippen MR) is 132 cm³/mol. The van der Waals surface area contributed by atoms with E-state index in [2.05, 4.69) is 22.1 Å². The van der Waals surface area contributed by atoms with Crippen molar-refractivity contribution in [1.29, 1.82) is 0 Å².